The first-order chi connectivity index (χ1) is 8.52. The largest absolute Gasteiger partial charge is 0.352 e. The molecule has 2 N–H and O–H groups in total. The molecule has 2 rings (SSSR count). The second-order valence-electron chi connectivity index (χ2n) is 3.84. The Labute approximate surface area is 105 Å². The van der Waals surface area contributed by atoms with Gasteiger partial charge in [0.25, 0.3) is 0 Å². The number of nitrogens with zero attached hydrogens (tertiary/aromatic N) is 3. The fourth-order valence-electron chi connectivity index (χ4n) is 1.51. The first-order valence-corrected chi connectivity index (χ1v) is 7.14. The zero-order valence-corrected chi connectivity index (χ0v) is 11.0. The van der Waals surface area contributed by atoms with Crippen LogP contribution in [0.15, 0.2) is 18.3 Å². The number of fused-ring (bicyclic) bond motifs is 1. The van der Waals surface area contributed by atoms with Crippen molar-refractivity contribution in [3.8, 4) is 0 Å². The molecule has 0 saturated carbocycles. The zero-order valence-electron chi connectivity index (χ0n) is 10.2. The van der Waals surface area contributed by atoms with Crippen molar-refractivity contribution >= 4 is 21.6 Å². The van der Waals surface area contributed by atoms with E-state index in [1.165, 1.54) is 7.05 Å². The highest BCUT2D eigenvalue weighted by Crippen LogP contribution is 2.09. The van der Waals surface area contributed by atoms with Gasteiger partial charge in [-0.05, 0) is 25.6 Å². The van der Waals surface area contributed by atoms with E-state index in [1.807, 2.05) is 19.1 Å². The van der Waals surface area contributed by atoms with E-state index in [1.54, 1.807) is 10.7 Å². The van der Waals surface area contributed by atoms with Crippen molar-refractivity contribution in [2.24, 2.45) is 0 Å². The predicted octanol–water partition coefficient (Wildman–Crippen LogP) is -0.00118. The van der Waals surface area contributed by atoms with E-state index in [0.29, 0.717) is 5.95 Å². The molecule has 2 aromatic heterocycles. The van der Waals surface area contributed by atoms with Gasteiger partial charge in [-0.1, -0.05) is 6.07 Å². The maximum absolute atomic E-state index is 11.2. The van der Waals surface area contributed by atoms with Crippen LogP contribution in [0.3, 0.4) is 0 Å². The number of rotatable bonds is 5. The minimum absolute atomic E-state index is 0.0158. The van der Waals surface area contributed by atoms with Gasteiger partial charge in [-0.25, -0.2) is 17.7 Å². The van der Waals surface area contributed by atoms with Gasteiger partial charge in [0.05, 0.1) is 5.75 Å². The smallest absolute Gasteiger partial charge is 0.243 e. The SMILES string of the molecule is CNS(=O)(=O)CCNc1nc2c(C)cccn2n1. The third-order valence-electron chi connectivity index (χ3n) is 2.52. The van der Waals surface area contributed by atoms with Crippen LogP contribution in [0.25, 0.3) is 5.65 Å². The summed E-state index contributed by atoms with van der Waals surface area (Å²) in [5.74, 6) is 0.411. The van der Waals surface area contributed by atoms with Crippen LogP contribution >= 0.6 is 0 Å². The van der Waals surface area contributed by atoms with Gasteiger partial charge < -0.3 is 5.32 Å². The molecule has 18 heavy (non-hydrogen) atoms. The van der Waals surface area contributed by atoms with Gasteiger partial charge in [-0.2, -0.15) is 4.98 Å². The molecule has 2 aromatic rings. The van der Waals surface area contributed by atoms with Gasteiger partial charge in [0, 0.05) is 12.7 Å². The predicted molar refractivity (Wildman–Crippen MR) is 69.1 cm³/mol. The minimum Gasteiger partial charge on any atom is -0.352 e. The Kier molecular flexibility index (Phi) is 3.48. The average molecular weight is 269 g/mol. The molecule has 0 aliphatic rings. The molecule has 0 atom stereocenters. The lowest BCUT2D eigenvalue weighted by Crippen LogP contribution is -2.26. The second-order valence-corrected chi connectivity index (χ2v) is 5.89. The number of hydrogen-bond acceptors (Lipinski definition) is 5. The van der Waals surface area contributed by atoms with E-state index in [0.717, 1.165) is 11.2 Å². The standard InChI is InChI=1S/C10H15N5O2S/c1-8-4-3-6-15-9(8)13-10(14-15)12-5-7-18(16,17)11-2/h3-4,6,11H,5,7H2,1-2H3,(H,12,14). The van der Waals surface area contributed by atoms with Crippen LogP contribution in [-0.2, 0) is 10.0 Å². The quantitative estimate of drug-likeness (QED) is 0.797. The molecule has 98 valence electrons. The number of sulfonamides is 1. The van der Waals surface area contributed by atoms with E-state index in [-0.39, 0.29) is 12.3 Å². The second kappa shape index (κ2) is 4.91. The summed E-state index contributed by atoms with van der Waals surface area (Å²) in [6.07, 6.45) is 1.80. The molecule has 0 radical (unpaired) electrons. The van der Waals surface area contributed by atoms with E-state index in [2.05, 4.69) is 20.1 Å². The van der Waals surface area contributed by atoms with Gasteiger partial charge >= 0.3 is 0 Å². The third kappa shape index (κ3) is 2.77. The van der Waals surface area contributed by atoms with Crippen LogP contribution in [0.2, 0.25) is 0 Å². The van der Waals surface area contributed by atoms with Gasteiger partial charge in [0.15, 0.2) is 5.65 Å². The molecule has 0 fully saturated rings. The number of aryl methyl sites for hydroxylation is 1. The van der Waals surface area contributed by atoms with Crippen molar-refractivity contribution in [2.75, 3.05) is 24.7 Å². The summed E-state index contributed by atoms with van der Waals surface area (Å²) in [6.45, 7) is 2.21. The summed E-state index contributed by atoms with van der Waals surface area (Å²) in [4.78, 5) is 4.28. The van der Waals surface area contributed by atoms with Gasteiger partial charge in [0.1, 0.15) is 0 Å². The van der Waals surface area contributed by atoms with Crippen molar-refractivity contribution in [2.45, 2.75) is 6.92 Å². The minimum atomic E-state index is -3.20. The lowest BCUT2D eigenvalue weighted by atomic mass is 10.3. The molecule has 0 aromatic carbocycles. The summed E-state index contributed by atoms with van der Waals surface area (Å²) in [5.41, 5.74) is 1.78. The van der Waals surface area contributed by atoms with Crippen LogP contribution in [0.5, 0.6) is 0 Å². The van der Waals surface area contributed by atoms with Gasteiger partial charge in [-0.3, -0.25) is 0 Å². The van der Waals surface area contributed by atoms with Crippen LogP contribution in [0.4, 0.5) is 5.95 Å². The molecule has 0 saturated heterocycles. The Morgan fingerprint density at radius 1 is 1.44 bits per heavy atom. The maximum Gasteiger partial charge on any atom is 0.243 e. The summed E-state index contributed by atoms with van der Waals surface area (Å²) in [7, 11) is -1.81. The lowest BCUT2D eigenvalue weighted by molar-refractivity contribution is 0.588. The van der Waals surface area contributed by atoms with Crippen molar-refractivity contribution in [3.05, 3.63) is 23.9 Å². The molecule has 7 nitrogen and oxygen atoms in total. The molecule has 0 aliphatic heterocycles. The van der Waals surface area contributed by atoms with Crippen LogP contribution in [-0.4, -0.2) is 42.4 Å². The number of pyridine rings is 1. The number of aromatic nitrogens is 3. The molecular formula is C10H15N5O2S. The van der Waals surface area contributed by atoms with Crippen molar-refractivity contribution < 1.29 is 8.42 Å². The van der Waals surface area contributed by atoms with Crippen molar-refractivity contribution in [1.82, 2.24) is 19.3 Å². The normalized spacial score (nSPS) is 11.9. The topological polar surface area (TPSA) is 88.4 Å². The molecular weight excluding hydrogens is 254 g/mol. The summed E-state index contributed by atoms with van der Waals surface area (Å²) in [5, 5.41) is 7.09. The maximum atomic E-state index is 11.2. The number of anilines is 1. The first kappa shape index (κ1) is 12.8. The van der Waals surface area contributed by atoms with Gasteiger partial charge in [0.2, 0.25) is 16.0 Å². The average Bonchev–Trinajstić information content (AvgIpc) is 2.73. The molecule has 0 amide bonds. The van der Waals surface area contributed by atoms with Crippen molar-refractivity contribution in [1.29, 1.82) is 0 Å². The third-order valence-corrected chi connectivity index (χ3v) is 3.89. The Balaban J connectivity index is 2.07. The van der Waals surface area contributed by atoms with E-state index >= 15 is 0 Å². The highest BCUT2D eigenvalue weighted by molar-refractivity contribution is 7.89. The van der Waals surface area contributed by atoms with E-state index in [4.69, 9.17) is 0 Å². The summed E-state index contributed by atoms with van der Waals surface area (Å²) >= 11 is 0. The first-order valence-electron chi connectivity index (χ1n) is 5.49. The lowest BCUT2D eigenvalue weighted by Gasteiger charge is -2.02. The molecule has 0 aliphatic carbocycles. The highest BCUT2D eigenvalue weighted by atomic mass is 32.2. The number of hydrogen-bond donors (Lipinski definition) is 2. The van der Waals surface area contributed by atoms with E-state index < -0.39 is 10.0 Å². The molecule has 0 spiro atoms. The molecule has 0 bridgehead atoms. The fraction of sp³-hybridized carbons (Fsp3) is 0.400. The monoisotopic (exact) mass is 269 g/mol. The Morgan fingerprint density at radius 2 is 2.22 bits per heavy atom. The van der Waals surface area contributed by atoms with Crippen LogP contribution in [0, 0.1) is 6.92 Å². The van der Waals surface area contributed by atoms with Gasteiger partial charge in [-0.15, -0.1) is 5.10 Å². The van der Waals surface area contributed by atoms with E-state index in [9.17, 15) is 8.42 Å². The molecule has 0 unspecified atom stereocenters. The number of nitrogens with one attached hydrogen (secondary N) is 2. The Hall–Kier alpha value is -1.67. The van der Waals surface area contributed by atoms with Crippen LogP contribution in [0.1, 0.15) is 5.56 Å². The summed E-state index contributed by atoms with van der Waals surface area (Å²) in [6, 6.07) is 3.82. The Morgan fingerprint density at radius 3 is 2.89 bits per heavy atom. The molecule has 8 heteroatoms. The molecule has 2 heterocycles. The van der Waals surface area contributed by atoms with Crippen LogP contribution < -0.4 is 10.0 Å². The summed E-state index contributed by atoms with van der Waals surface area (Å²) < 4.78 is 26.3. The zero-order chi connectivity index (χ0) is 13.2. The van der Waals surface area contributed by atoms with Crippen molar-refractivity contribution in [3.63, 3.8) is 0 Å². The fourth-order valence-corrected chi connectivity index (χ4v) is 2.09. The highest BCUT2D eigenvalue weighted by Gasteiger charge is 2.08. The Bertz CT molecular complexity index is 649.